The third-order valence-electron chi connectivity index (χ3n) is 11.1. The first-order chi connectivity index (χ1) is 27.3. The molecule has 0 aromatic rings. The predicted molar refractivity (Wildman–Crippen MR) is 244 cm³/mol. The molecule has 2 unspecified atom stereocenters. The second-order valence-electron chi connectivity index (χ2n) is 16.7. The highest BCUT2D eigenvalue weighted by atomic mass is 32.2. The first kappa shape index (κ1) is 54.6. The molecule has 0 rings (SSSR count). The summed E-state index contributed by atoms with van der Waals surface area (Å²) in [6.45, 7) is 4.53. The van der Waals surface area contributed by atoms with Crippen LogP contribution in [0.4, 0.5) is 0 Å². The molecule has 330 valence electrons. The van der Waals surface area contributed by atoms with Gasteiger partial charge in [0.1, 0.15) is 0 Å². The molecular formula is C49H93NO5S. The minimum atomic E-state index is -4.32. The Balaban J connectivity index is 3.80. The fraction of sp³-hybridized carbons (Fsp3) is 0.857. The smallest absolute Gasteiger partial charge is 0.266 e. The number of hydrogen-bond donors (Lipinski definition) is 3. The summed E-state index contributed by atoms with van der Waals surface area (Å²) in [5, 5.41) is 13.4. The van der Waals surface area contributed by atoms with Crippen LogP contribution in [0.5, 0.6) is 0 Å². The quantitative estimate of drug-likeness (QED) is 0.0323. The zero-order chi connectivity index (χ0) is 41.1. The van der Waals surface area contributed by atoms with E-state index in [1.54, 1.807) is 0 Å². The summed E-state index contributed by atoms with van der Waals surface area (Å²) >= 11 is 0. The summed E-state index contributed by atoms with van der Waals surface area (Å²) in [5.41, 5.74) is 0. The van der Waals surface area contributed by atoms with E-state index < -0.39 is 28.0 Å². The Morgan fingerprint density at radius 1 is 0.482 bits per heavy atom. The van der Waals surface area contributed by atoms with E-state index in [0.717, 1.165) is 57.8 Å². The standard InChI is InChI=1S/C49H93NO5S/c1-3-5-7-9-11-13-15-17-19-21-23-24-25-26-27-29-31-33-35-37-39-41-43-45-49(52)50-47(46-56(53,54)55)48(51)44-42-40-38-36-34-32-30-28-22-20-18-16-14-12-10-8-6-4-2/h15,17,21,23,25-26,47-48,51H,3-14,16,18-20,22,24,27-46H2,1-2H3,(H,50,52)(H,53,54,55)/b17-15-,23-21-,26-25-. The lowest BCUT2D eigenvalue weighted by Crippen LogP contribution is -2.47. The number of aliphatic hydroxyl groups is 1. The van der Waals surface area contributed by atoms with Gasteiger partial charge >= 0.3 is 0 Å². The van der Waals surface area contributed by atoms with Crippen LogP contribution >= 0.6 is 0 Å². The fourth-order valence-electron chi connectivity index (χ4n) is 7.46. The maximum absolute atomic E-state index is 12.6. The number of carbonyl (C=O) groups is 1. The van der Waals surface area contributed by atoms with Gasteiger partial charge in [0.2, 0.25) is 5.91 Å². The lowest BCUT2D eigenvalue weighted by molar-refractivity contribution is -0.122. The van der Waals surface area contributed by atoms with Crippen molar-refractivity contribution in [2.45, 2.75) is 264 Å². The van der Waals surface area contributed by atoms with Crippen LogP contribution in [0.2, 0.25) is 0 Å². The molecule has 0 bridgehead atoms. The summed E-state index contributed by atoms with van der Waals surface area (Å²) in [5.74, 6) is -0.900. The largest absolute Gasteiger partial charge is 0.391 e. The Labute approximate surface area is 348 Å². The van der Waals surface area contributed by atoms with Crippen molar-refractivity contribution in [3.05, 3.63) is 36.5 Å². The molecule has 0 saturated heterocycles. The molecule has 6 nitrogen and oxygen atoms in total. The van der Waals surface area contributed by atoms with Crippen LogP contribution in [0, 0.1) is 0 Å². The predicted octanol–water partition coefficient (Wildman–Crippen LogP) is 14.9. The van der Waals surface area contributed by atoms with Gasteiger partial charge in [-0.3, -0.25) is 9.35 Å². The van der Waals surface area contributed by atoms with Crippen LogP contribution in [-0.2, 0) is 14.9 Å². The minimum absolute atomic E-state index is 0.251. The zero-order valence-corrected chi connectivity index (χ0v) is 37.8. The molecule has 7 heteroatoms. The molecule has 3 N–H and O–H groups in total. The topological polar surface area (TPSA) is 104 Å². The minimum Gasteiger partial charge on any atom is -0.391 e. The normalized spacial score (nSPS) is 13.4. The van der Waals surface area contributed by atoms with E-state index in [1.165, 1.54) is 167 Å². The highest BCUT2D eigenvalue weighted by molar-refractivity contribution is 7.85. The molecule has 0 saturated carbocycles. The number of carbonyl (C=O) groups excluding carboxylic acids is 1. The van der Waals surface area contributed by atoms with Crippen LogP contribution in [0.25, 0.3) is 0 Å². The van der Waals surface area contributed by atoms with Crippen LogP contribution in [-0.4, -0.2) is 41.9 Å². The molecule has 0 aromatic heterocycles. The van der Waals surface area contributed by atoms with Crippen LogP contribution < -0.4 is 5.32 Å². The first-order valence-corrected chi connectivity index (χ1v) is 25.8. The van der Waals surface area contributed by atoms with Gasteiger partial charge in [-0.1, -0.05) is 230 Å². The van der Waals surface area contributed by atoms with Crippen LogP contribution in [0.1, 0.15) is 251 Å². The van der Waals surface area contributed by atoms with Gasteiger partial charge in [-0.2, -0.15) is 8.42 Å². The number of rotatable bonds is 44. The summed E-state index contributed by atoms with van der Waals surface area (Å²) in [6, 6.07) is -0.975. The summed E-state index contributed by atoms with van der Waals surface area (Å²) in [4.78, 5) is 12.6. The van der Waals surface area contributed by atoms with Crippen molar-refractivity contribution in [1.29, 1.82) is 0 Å². The van der Waals surface area contributed by atoms with Crippen molar-refractivity contribution < 1.29 is 22.9 Å². The molecule has 0 aromatic carbocycles. The van der Waals surface area contributed by atoms with Crippen molar-refractivity contribution >= 4 is 16.0 Å². The van der Waals surface area contributed by atoms with Gasteiger partial charge < -0.3 is 10.4 Å². The van der Waals surface area contributed by atoms with Gasteiger partial charge in [-0.15, -0.1) is 0 Å². The van der Waals surface area contributed by atoms with E-state index in [1.807, 2.05) is 0 Å². The molecule has 0 aliphatic heterocycles. The van der Waals surface area contributed by atoms with Crippen molar-refractivity contribution in [2.24, 2.45) is 0 Å². The molecule has 0 spiro atoms. The Kier molecular flexibility index (Phi) is 42.0. The average Bonchev–Trinajstić information content (AvgIpc) is 3.16. The third-order valence-corrected chi connectivity index (χ3v) is 11.9. The number of allylic oxidation sites excluding steroid dienone is 6. The summed E-state index contributed by atoms with van der Waals surface area (Å²) in [6.07, 6.45) is 56.7. The first-order valence-electron chi connectivity index (χ1n) is 24.2. The van der Waals surface area contributed by atoms with E-state index in [4.69, 9.17) is 0 Å². The van der Waals surface area contributed by atoms with Gasteiger partial charge in [0.15, 0.2) is 0 Å². The number of hydrogen-bond acceptors (Lipinski definition) is 4. The van der Waals surface area contributed by atoms with Crippen molar-refractivity contribution in [3.63, 3.8) is 0 Å². The summed E-state index contributed by atoms with van der Waals surface area (Å²) in [7, 11) is -4.32. The second-order valence-corrected chi connectivity index (χ2v) is 18.2. The molecular weight excluding hydrogens is 715 g/mol. The van der Waals surface area contributed by atoms with Crippen molar-refractivity contribution in [3.8, 4) is 0 Å². The maximum Gasteiger partial charge on any atom is 0.266 e. The van der Waals surface area contributed by atoms with Gasteiger partial charge in [-0.05, 0) is 51.4 Å². The Bertz CT molecular complexity index is 1020. The Morgan fingerprint density at radius 2 is 0.804 bits per heavy atom. The van der Waals surface area contributed by atoms with Crippen LogP contribution in [0.15, 0.2) is 36.5 Å². The average molecular weight is 808 g/mol. The Morgan fingerprint density at radius 3 is 1.18 bits per heavy atom. The van der Waals surface area contributed by atoms with Gasteiger partial charge in [0.25, 0.3) is 10.1 Å². The van der Waals surface area contributed by atoms with E-state index in [0.29, 0.717) is 12.8 Å². The van der Waals surface area contributed by atoms with Gasteiger partial charge in [0, 0.05) is 6.42 Å². The lowest BCUT2D eigenvalue weighted by atomic mass is 10.0. The zero-order valence-electron chi connectivity index (χ0n) is 37.0. The molecule has 0 aliphatic rings. The Hall–Kier alpha value is -1.44. The van der Waals surface area contributed by atoms with Crippen molar-refractivity contribution in [1.82, 2.24) is 5.32 Å². The number of unbranched alkanes of at least 4 members (excludes halogenated alkanes) is 30. The molecule has 56 heavy (non-hydrogen) atoms. The molecule has 1 amide bonds. The molecule has 0 fully saturated rings. The molecule has 0 heterocycles. The van der Waals surface area contributed by atoms with E-state index in [-0.39, 0.29) is 5.91 Å². The highest BCUT2D eigenvalue weighted by Gasteiger charge is 2.26. The van der Waals surface area contributed by atoms with Gasteiger partial charge in [-0.25, -0.2) is 0 Å². The van der Waals surface area contributed by atoms with E-state index in [2.05, 4.69) is 55.6 Å². The SMILES string of the molecule is CCCCCCC/C=C\C/C=C\C/C=C\CCCCCCCCCCC(=O)NC(CS(=O)(=O)O)C(O)CCCCCCCCCCCCCCCCCCCC. The molecule has 0 radical (unpaired) electrons. The molecule has 2 atom stereocenters. The lowest BCUT2D eigenvalue weighted by Gasteiger charge is -2.23. The number of nitrogens with one attached hydrogen (secondary N) is 1. The monoisotopic (exact) mass is 808 g/mol. The number of aliphatic hydroxyl groups excluding tert-OH is 1. The third kappa shape index (κ3) is 43.7. The van der Waals surface area contributed by atoms with E-state index >= 15 is 0 Å². The summed E-state index contributed by atoms with van der Waals surface area (Å²) < 4.78 is 32.7. The fourth-order valence-corrected chi connectivity index (χ4v) is 8.22. The highest BCUT2D eigenvalue weighted by Crippen LogP contribution is 2.17. The maximum atomic E-state index is 12.6. The van der Waals surface area contributed by atoms with Gasteiger partial charge in [0.05, 0.1) is 17.9 Å². The van der Waals surface area contributed by atoms with Crippen LogP contribution in [0.3, 0.4) is 0 Å². The molecule has 0 aliphatic carbocycles. The van der Waals surface area contributed by atoms with E-state index in [9.17, 15) is 22.9 Å². The second kappa shape index (κ2) is 43.1. The number of amides is 1. The van der Waals surface area contributed by atoms with Crippen molar-refractivity contribution in [2.75, 3.05) is 5.75 Å².